The highest BCUT2D eigenvalue weighted by Crippen LogP contribution is 2.29. The second-order valence-corrected chi connectivity index (χ2v) is 6.59. The third-order valence-electron chi connectivity index (χ3n) is 4.35. The average molecular weight is 430 g/mol. The molecule has 6 nitrogen and oxygen atoms in total. The number of aromatic nitrogens is 2. The van der Waals surface area contributed by atoms with Crippen LogP contribution < -0.4 is 9.47 Å². The molecule has 0 radical (unpaired) electrons. The van der Waals surface area contributed by atoms with Crippen molar-refractivity contribution in [2.75, 3.05) is 13.2 Å². The Kier molecular flexibility index (Phi) is 7.59. The second-order valence-electron chi connectivity index (χ2n) is 6.59. The average Bonchev–Trinajstić information content (AvgIpc) is 3.14. The summed E-state index contributed by atoms with van der Waals surface area (Å²) in [5.41, 5.74) is 1.41. The quantitative estimate of drug-likeness (QED) is 0.319. The molecule has 0 N–H and O–H groups in total. The van der Waals surface area contributed by atoms with Gasteiger partial charge in [0.15, 0.2) is 17.3 Å². The van der Waals surface area contributed by atoms with Crippen molar-refractivity contribution >= 4 is 23.1 Å². The van der Waals surface area contributed by atoms with E-state index < -0.39 is 12.5 Å². The number of esters is 1. The molecule has 0 amide bonds. The van der Waals surface area contributed by atoms with E-state index in [-0.39, 0.29) is 17.9 Å². The predicted molar refractivity (Wildman–Crippen MR) is 113 cm³/mol. The van der Waals surface area contributed by atoms with Crippen molar-refractivity contribution in [2.24, 2.45) is 0 Å². The lowest BCUT2D eigenvalue weighted by Gasteiger charge is -2.12. The standard InChI is InChI=1S/C23H24F2N2O4/c1-3-13-30-19-11-9-16(14-20(19)29-4-2)10-12-22(28)31-15-21-26-17-7-5-6-8-18(17)27(21)23(24)25/h5-12,14,23H,3-4,13,15H2,1-2H3/b12-10+. The van der Waals surface area contributed by atoms with E-state index in [1.165, 1.54) is 6.08 Å². The first-order chi connectivity index (χ1) is 15.0. The Hall–Kier alpha value is -3.42. The number of para-hydroxylation sites is 2. The van der Waals surface area contributed by atoms with E-state index in [0.717, 1.165) is 11.0 Å². The normalized spacial score (nSPS) is 11.4. The molecule has 0 saturated carbocycles. The molecule has 164 valence electrons. The Labute approximate surface area is 179 Å². The molecule has 0 bridgehead atoms. The first-order valence-electron chi connectivity index (χ1n) is 10.0. The van der Waals surface area contributed by atoms with Crippen LogP contribution in [0.25, 0.3) is 17.1 Å². The van der Waals surface area contributed by atoms with E-state index >= 15 is 0 Å². The van der Waals surface area contributed by atoms with Gasteiger partial charge in [-0.05, 0) is 49.2 Å². The molecule has 0 atom stereocenters. The largest absolute Gasteiger partial charge is 0.490 e. The summed E-state index contributed by atoms with van der Waals surface area (Å²) >= 11 is 0. The van der Waals surface area contributed by atoms with Gasteiger partial charge in [0.25, 0.3) is 0 Å². The van der Waals surface area contributed by atoms with Crippen LogP contribution in [0.2, 0.25) is 0 Å². The molecule has 1 heterocycles. The molecule has 3 rings (SSSR count). The second kappa shape index (κ2) is 10.6. The first-order valence-corrected chi connectivity index (χ1v) is 10.0. The van der Waals surface area contributed by atoms with Gasteiger partial charge in [-0.25, -0.2) is 9.78 Å². The van der Waals surface area contributed by atoms with Crippen LogP contribution in [0.5, 0.6) is 11.5 Å². The molecule has 0 saturated heterocycles. The number of benzene rings is 2. The molecule has 0 fully saturated rings. The number of rotatable bonds is 10. The van der Waals surface area contributed by atoms with Crippen LogP contribution in [0.3, 0.4) is 0 Å². The maximum absolute atomic E-state index is 13.4. The van der Waals surface area contributed by atoms with Gasteiger partial charge in [-0.2, -0.15) is 8.78 Å². The number of ether oxygens (including phenoxy) is 3. The lowest BCUT2D eigenvalue weighted by atomic mass is 10.2. The number of imidazole rings is 1. The third-order valence-corrected chi connectivity index (χ3v) is 4.35. The number of carbonyl (C=O) groups excluding carboxylic acids is 1. The van der Waals surface area contributed by atoms with Gasteiger partial charge in [0.2, 0.25) is 0 Å². The van der Waals surface area contributed by atoms with Gasteiger partial charge in [-0.1, -0.05) is 25.1 Å². The zero-order valence-electron chi connectivity index (χ0n) is 17.4. The van der Waals surface area contributed by atoms with Crippen molar-refractivity contribution in [3.63, 3.8) is 0 Å². The number of halogens is 2. The summed E-state index contributed by atoms with van der Waals surface area (Å²) in [6.07, 6.45) is 3.66. The van der Waals surface area contributed by atoms with E-state index in [4.69, 9.17) is 14.2 Å². The van der Waals surface area contributed by atoms with Crippen LogP contribution in [-0.2, 0) is 16.1 Å². The van der Waals surface area contributed by atoms with Gasteiger partial charge in [0.1, 0.15) is 6.61 Å². The molecule has 8 heteroatoms. The number of carbonyl (C=O) groups is 1. The van der Waals surface area contributed by atoms with Crippen LogP contribution in [-0.4, -0.2) is 28.7 Å². The predicted octanol–water partition coefficient (Wildman–Crippen LogP) is 5.38. The molecule has 0 aliphatic heterocycles. The summed E-state index contributed by atoms with van der Waals surface area (Å²) in [6, 6.07) is 11.8. The van der Waals surface area contributed by atoms with Gasteiger partial charge in [-0.15, -0.1) is 0 Å². The minimum atomic E-state index is -2.79. The highest BCUT2D eigenvalue weighted by molar-refractivity contribution is 5.87. The van der Waals surface area contributed by atoms with Crippen LogP contribution >= 0.6 is 0 Å². The molecule has 0 aliphatic rings. The van der Waals surface area contributed by atoms with Gasteiger partial charge in [0.05, 0.1) is 24.2 Å². The Bertz CT molecular complexity index is 1060. The molecule has 1 aromatic heterocycles. The Morgan fingerprint density at radius 3 is 2.68 bits per heavy atom. The maximum atomic E-state index is 13.4. The molecular formula is C23H24F2N2O4. The van der Waals surface area contributed by atoms with E-state index in [1.54, 1.807) is 48.5 Å². The topological polar surface area (TPSA) is 62.6 Å². The maximum Gasteiger partial charge on any atom is 0.331 e. The fourth-order valence-corrected chi connectivity index (χ4v) is 2.99. The van der Waals surface area contributed by atoms with Gasteiger partial charge in [-0.3, -0.25) is 4.57 Å². The fraction of sp³-hybridized carbons (Fsp3) is 0.304. The summed E-state index contributed by atoms with van der Waals surface area (Å²) in [4.78, 5) is 16.3. The van der Waals surface area contributed by atoms with Crippen molar-refractivity contribution in [1.29, 1.82) is 0 Å². The number of alkyl halides is 2. The van der Waals surface area contributed by atoms with Crippen molar-refractivity contribution in [3.05, 3.63) is 59.9 Å². The molecule has 2 aromatic carbocycles. The fourth-order valence-electron chi connectivity index (χ4n) is 2.99. The highest BCUT2D eigenvalue weighted by Gasteiger charge is 2.18. The highest BCUT2D eigenvalue weighted by atomic mass is 19.3. The Morgan fingerprint density at radius 2 is 1.94 bits per heavy atom. The zero-order valence-corrected chi connectivity index (χ0v) is 17.4. The minimum Gasteiger partial charge on any atom is -0.490 e. The van der Waals surface area contributed by atoms with Crippen LogP contribution in [0, 0.1) is 0 Å². The number of hydrogen-bond donors (Lipinski definition) is 0. The molecule has 0 spiro atoms. The number of hydrogen-bond acceptors (Lipinski definition) is 5. The van der Waals surface area contributed by atoms with Crippen LogP contribution in [0.15, 0.2) is 48.5 Å². The van der Waals surface area contributed by atoms with E-state index in [2.05, 4.69) is 4.98 Å². The van der Waals surface area contributed by atoms with E-state index in [9.17, 15) is 13.6 Å². The van der Waals surface area contributed by atoms with Crippen molar-refractivity contribution in [2.45, 2.75) is 33.4 Å². The SMILES string of the molecule is CCCOc1ccc(/C=C/C(=O)OCc2nc3ccccc3n2C(F)F)cc1OCC. The Morgan fingerprint density at radius 1 is 1.13 bits per heavy atom. The number of fused-ring (bicyclic) bond motifs is 1. The molecule has 0 unspecified atom stereocenters. The summed E-state index contributed by atoms with van der Waals surface area (Å²) in [5, 5.41) is 0. The van der Waals surface area contributed by atoms with Crippen LogP contribution in [0.4, 0.5) is 8.78 Å². The third kappa shape index (κ3) is 5.59. The molecule has 3 aromatic rings. The summed E-state index contributed by atoms with van der Waals surface area (Å²) in [5.74, 6) is 0.526. The Balaban J connectivity index is 1.68. The van der Waals surface area contributed by atoms with Gasteiger partial charge >= 0.3 is 12.5 Å². The van der Waals surface area contributed by atoms with E-state index in [0.29, 0.717) is 35.8 Å². The summed E-state index contributed by atoms with van der Waals surface area (Å²) in [6.45, 7) is 1.78. The number of nitrogens with zero attached hydrogens (tertiary/aromatic N) is 2. The van der Waals surface area contributed by atoms with Crippen molar-refractivity contribution in [1.82, 2.24) is 9.55 Å². The van der Waals surface area contributed by atoms with Gasteiger partial charge in [0, 0.05) is 6.08 Å². The summed E-state index contributed by atoms with van der Waals surface area (Å²) in [7, 11) is 0. The van der Waals surface area contributed by atoms with E-state index in [1.807, 2.05) is 13.8 Å². The van der Waals surface area contributed by atoms with Crippen LogP contribution in [0.1, 0.15) is 38.2 Å². The zero-order chi connectivity index (χ0) is 22.2. The molecule has 0 aliphatic carbocycles. The smallest absolute Gasteiger partial charge is 0.331 e. The lowest BCUT2D eigenvalue weighted by molar-refractivity contribution is -0.139. The lowest BCUT2D eigenvalue weighted by Crippen LogP contribution is -2.09. The molecule has 31 heavy (non-hydrogen) atoms. The van der Waals surface area contributed by atoms with Gasteiger partial charge < -0.3 is 14.2 Å². The first kappa shape index (κ1) is 22.3. The van der Waals surface area contributed by atoms with Crippen molar-refractivity contribution < 1.29 is 27.8 Å². The monoisotopic (exact) mass is 430 g/mol. The summed E-state index contributed by atoms with van der Waals surface area (Å²) < 4.78 is 44.0. The van der Waals surface area contributed by atoms with Crippen molar-refractivity contribution in [3.8, 4) is 11.5 Å². The minimum absolute atomic E-state index is 0.0194. The molecular weight excluding hydrogens is 406 g/mol.